The minimum Gasteiger partial charge on any atom is -0.492 e. The molecule has 1 aromatic carbocycles. The van der Waals surface area contributed by atoms with Crippen LogP contribution >= 0.6 is 0 Å². The van der Waals surface area contributed by atoms with Crippen LogP contribution in [0.3, 0.4) is 0 Å². The number of hydrogen-bond donors (Lipinski definition) is 0. The zero-order valence-corrected chi connectivity index (χ0v) is 11.7. The Kier molecular flexibility index (Phi) is 3.86. The minimum atomic E-state index is -0.0304. The molecule has 0 fully saturated rings. The standard InChI is InChI=1S/C17H17NO3/c19-16-5-3-4-13-12-14(7-8-15(13)16)21-11-10-18-9-2-1-6-17(18)20/h1-2,6-9,12H,3-5,10-11H2. The molecule has 0 atom stereocenters. The number of carbonyl (C=O) groups excluding carboxylic acids is 1. The summed E-state index contributed by atoms with van der Waals surface area (Å²) in [6.45, 7) is 0.937. The molecule has 0 amide bonds. The molecule has 0 spiro atoms. The second kappa shape index (κ2) is 5.95. The molecule has 3 rings (SSSR count). The summed E-state index contributed by atoms with van der Waals surface area (Å²) in [4.78, 5) is 23.3. The number of carbonyl (C=O) groups is 1. The first-order valence-corrected chi connectivity index (χ1v) is 7.18. The van der Waals surface area contributed by atoms with Gasteiger partial charge in [-0.05, 0) is 42.7 Å². The maximum Gasteiger partial charge on any atom is 0.250 e. The Hall–Kier alpha value is -2.36. The fraction of sp³-hybridized carbons (Fsp3) is 0.294. The maximum absolute atomic E-state index is 11.8. The van der Waals surface area contributed by atoms with Crippen LogP contribution in [0.1, 0.15) is 28.8 Å². The lowest BCUT2D eigenvalue weighted by Gasteiger charge is -2.16. The lowest BCUT2D eigenvalue weighted by molar-refractivity contribution is 0.0972. The van der Waals surface area contributed by atoms with Gasteiger partial charge in [0.15, 0.2) is 5.78 Å². The Morgan fingerprint density at radius 3 is 2.86 bits per heavy atom. The number of Topliss-reactive ketones (excluding diaryl/α,β-unsaturated/α-hetero) is 1. The summed E-state index contributed by atoms with van der Waals surface area (Å²) in [6, 6.07) is 10.7. The van der Waals surface area contributed by atoms with Gasteiger partial charge in [0.05, 0.1) is 6.54 Å². The van der Waals surface area contributed by atoms with Crippen LogP contribution in [-0.2, 0) is 13.0 Å². The molecule has 0 radical (unpaired) electrons. The van der Waals surface area contributed by atoms with Gasteiger partial charge in [-0.15, -0.1) is 0 Å². The van der Waals surface area contributed by atoms with Crippen LogP contribution < -0.4 is 10.3 Å². The first kappa shape index (κ1) is 13.6. The van der Waals surface area contributed by atoms with Crippen LogP contribution in [0.2, 0.25) is 0 Å². The van der Waals surface area contributed by atoms with Crippen molar-refractivity contribution >= 4 is 5.78 Å². The summed E-state index contributed by atoms with van der Waals surface area (Å²) in [7, 11) is 0. The zero-order chi connectivity index (χ0) is 14.7. The third kappa shape index (κ3) is 3.05. The van der Waals surface area contributed by atoms with Crippen molar-refractivity contribution < 1.29 is 9.53 Å². The number of rotatable bonds is 4. The van der Waals surface area contributed by atoms with Crippen LogP contribution in [-0.4, -0.2) is 17.0 Å². The fourth-order valence-corrected chi connectivity index (χ4v) is 2.62. The number of aromatic nitrogens is 1. The molecule has 4 heteroatoms. The van der Waals surface area contributed by atoms with Crippen molar-refractivity contribution in [3.05, 3.63) is 64.1 Å². The number of nitrogens with zero attached hydrogens (tertiary/aromatic N) is 1. The van der Waals surface area contributed by atoms with E-state index in [1.54, 1.807) is 16.8 Å². The quantitative estimate of drug-likeness (QED) is 0.866. The lowest BCUT2D eigenvalue weighted by Crippen LogP contribution is -2.21. The lowest BCUT2D eigenvalue weighted by atomic mass is 9.91. The molecule has 4 nitrogen and oxygen atoms in total. The topological polar surface area (TPSA) is 48.3 Å². The van der Waals surface area contributed by atoms with Crippen molar-refractivity contribution in [2.75, 3.05) is 6.61 Å². The van der Waals surface area contributed by atoms with Crippen molar-refractivity contribution in [1.29, 1.82) is 0 Å². The van der Waals surface area contributed by atoms with Crippen LogP contribution in [0.4, 0.5) is 0 Å². The Bertz CT molecular complexity index is 718. The normalized spacial score (nSPS) is 13.8. The van der Waals surface area contributed by atoms with Gasteiger partial charge in [0.1, 0.15) is 12.4 Å². The van der Waals surface area contributed by atoms with E-state index in [1.165, 1.54) is 6.07 Å². The van der Waals surface area contributed by atoms with Gasteiger partial charge in [-0.2, -0.15) is 0 Å². The van der Waals surface area contributed by atoms with Gasteiger partial charge in [-0.25, -0.2) is 0 Å². The van der Waals surface area contributed by atoms with E-state index < -0.39 is 0 Å². The molecule has 1 aliphatic rings. The van der Waals surface area contributed by atoms with Gasteiger partial charge in [-0.1, -0.05) is 6.07 Å². The highest BCUT2D eigenvalue weighted by Crippen LogP contribution is 2.25. The molecule has 2 aromatic rings. The summed E-state index contributed by atoms with van der Waals surface area (Å²) in [5, 5.41) is 0. The van der Waals surface area contributed by atoms with Crippen LogP contribution in [0.15, 0.2) is 47.4 Å². The SMILES string of the molecule is O=C1CCCc2cc(OCCn3ccccc3=O)ccc21. The monoisotopic (exact) mass is 283 g/mol. The predicted molar refractivity (Wildman–Crippen MR) is 79.9 cm³/mol. The highest BCUT2D eigenvalue weighted by Gasteiger charge is 2.17. The average Bonchev–Trinajstić information content (AvgIpc) is 2.49. The molecule has 1 aromatic heterocycles. The van der Waals surface area contributed by atoms with Gasteiger partial charge in [-0.3, -0.25) is 9.59 Å². The molecule has 1 heterocycles. The highest BCUT2D eigenvalue weighted by molar-refractivity contribution is 5.98. The molecular weight excluding hydrogens is 266 g/mol. The van der Waals surface area contributed by atoms with E-state index >= 15 is 0 Å². The summed E-state index contributed by atoms with van der Waals surface area (Å²) in [5.41, 5.74) is 1.87. The zero-order valence-electron chi connectivity index (χ0n) is 11.7. The number of hydrogen-bond acceptors (Lipinski definition) is 3. The van der Waals surface area contributed by atoms with E-state index in [0.29, 0.717) is 19.6 Å². The fourth-order valence-electron chi connectivity index (χ4n) is 2.62. The van der Waals surface area contributed by atoms with Gasteiger partial charge < -0.3 is 9.30 Å². The molecule has 108 valence electrons. The van der Waals surface area contributed by atoms with E-state index in [2.05, 4.69) is 0 Å². The van der Waals surface area contributed by atoms with Gasteiger partial charge in [0.25, 0.3) is 5.56 Å². The third-order valence-electron chi connectivity index (χ3n) is 3.73. The number of benzene rings is 1. The van der Waals surface area contributed by atoms with E-state index in [4.69, 9.17) is 4.74 Å². The first-order valence-electron chi connectivity index (χ1n) is 7.18. The summed E-state index contributed by atoms with van der Waals surface area (Å²) >= 11 is 0. The molecule has 0 bridgehead atoms. The molecule has 21 heavy (non-hydrogen) atoms. The van der Waals surface area contributed by atoms with E-state index in [9.17, 15) is 9.59 Å². The number of ether oxygens (including phenoxy) is 1. The molecular formula is C17H17NO3. The molecule has 0 unspecified atom stereocenters. The molecule has 0 saturated heterocycles. The van der Waals surface area contributed by atoms with Crippen LogP contribution in [0.5, 0.6) is 5.75 Å². The Labute approximate surface area is 123 Å². The highest BCUT2D eigenvalue weighted by atomic mass is 16.5. The summed E-state index contributed by atoms with van der Waals surface area (Å²) < 4.78 is 7.31. The maximum atomic E-state index is 11.8. The predicted octanol–water partition coefficient (Wildman–Crippen LogP) is 2.45. The van der Waals surface area contributed by atoms with E-state index in [0.717, 1.165) is 29.7 Å². The van der Waals surface area contributed by atoms with Crippen molar-refractivity contribution in [3.63, 3.8) is 0 Å². The summed E-state index contributed by atoms with van der Waals surface area (Å²) in [6.07, 6.45) is 4.23. The second-order valence-electron chi connectivity index (χ2n) is 5.18. The van der Waals surface area contributed by atoms with Crippen LogP contribution in [0.25, 0.3) is 0 Å². The van der Waals surface area contributed by atoms with E-state index in [1.807, 2.05) is 24.3 Å². The largest absolute Gasteiger partial charge is 0.492 e. The van der Waals surface area contributed by atoms with Gasteiger partial charge >= 0.3 is 0 Å². The number of fused-ring (bicyclic) bond motifs is 1. The van der Waals surface area contributed by atoms with Gasteiger partial charge in [0.2, 0.25) is 0 Å². The molecule has 0 N–H and O–H groups in total. The average molecular weight is 283 g/mol. The summed E-state index contributed by atoms with van der Waals surface area (Å²) in [5.74, 6) is 0.978. The number of pyridine rings is 1. The molecule has 0 saturated carbocycles. The smallest absolute Gasteiger partial charge is 0.250 e. The molecule has 1 aliphatic carbocycles. The number of aryl methyl sites for hydroxylation is 1. The second-order valence-corrected chi connectivity index (χ2v) is 5.18. The van der Waals surface area contributed by atoms with Crippen molar-refractivity contribution in [3.8, 4) is 5.75 Å². The van der Waals surface area contributed by atoms with E-state index in [-0.39, 0.29) is 11.3 Å². The Morgan fingerprint density at radius 1 is 1.10 bits per heavy atom. The minimum absolute atomic E-state index is 0.0304. The third-order valence-corrected chi connectivity index (χ3v) is 3.73. The van der Waals surface area contributed by atoms with Crippen molar-refractivity contribution in [2.45, 2.75) is 25.8 Å². The first-order chi connectivity index (χ1) is 10.2. The molecule has 0 aliphatic heterocycles. The van der Waals surface area contributed by atoms with Gasteiger partial charge in [0, 0.05) is 24.2 Å². The Balaban J connectivity index is 1.65. The van der Waals surface area contributed by atoms with Crippen molar-refractivity contribution in [2.24, 2.45) is 0 Å². The number of ketones is 1. The van der Waals surface area contributed by atoms with Crippen LogP contribution in [0, 0.1) is 0 Å². The Morgan fingerprint density at radius 2 is 2.00 bits per heavy atom. The van der Waals surface area contributed by atoms with Crippen molar-refractivity contribution in [1.82, 2.24) is 4.57 Å².